The Kier molecular flexibility index (Phi) is 6.30. The van der Waals surface area contributed by atoms with Crippen LogP contribution in [-0.4, -0.2) is 61.5 Å². The SMILES string of the molecule is CC(NCC1CCN(C)CC1)C(=O)N1CCCCCC1. The number of amides is 1. The highest BCUT2D eigenvalue weighted by Gasteiger charge is 2.23. The van der Waals surface area contributed by atoms with Crippen LogP contribution in [0.15, 0.2) is 0 Å². The molecule has 20 heavy (non-hydrogen) atoms. The fourth-order valence-corrected chi connectivity index (χ4v) is 3.26. The van der Waals surface area contributed by atoms with E-state index in [0.29, 0.717) is 5.91 Å². The first-order chi connectivity index (χ1) is 9.66. The molecule has 2 aliphatic rings. The maximum absolute atomic E-state index is 12.4. The topological polar surface area (TPSA) is 35.6 Å². The van der Waals surface area contributed by atoms with E-state index >= 15 is 0 Å². The molecule has 2 fully saturated rings. The average molecular weight is 281 g/mol. The summed E-state index contributed by atoms with van der Waals surface area (Å²) in [7, 11) is 2.19. The zero-order chi connectivity index (χ0) is 14.4. The molecule has 2 heterocycles. The van der Waals surface area contributed by atoms with Gasteiger partial charge < -0.3 is 15.1 Å². The second-order valence-electron chi connectivity index (χ2n) is 6.62. The molecule has 0 bridgehead atoms. The van der Waals surface area contributed by atoms with Crippen molar-refractivity contribution in [2.75, 3.05) is 39.8 Å². The molecule has 0 aliphatic carbocycles. The van der Waals surface area contributed by atoms with Crippen LogP contribution < -0.4 is 5.32 Å². The molecule has 0 aromatic rings. The third kappa shape index (κ3) is 4.74. The molecule has 0 saturated carbocycles. The van der Waals surface area contributed by atoms with E-state index in [2.05, 4.69) is 22.2 Å². The molecule has 0 aromatic heterocycles. The van der Waals surface area contributed by atoms with Gasteiger partial charge in [-0.2, -0.15) is 0 Å². The summed E-state index contributed by atoms with van der Waals surface area (Å²) in [6, 6.07) is -0.0206. The second-order valence-corrected chi connectivity index (χ2v) is 6.62. The molecule has 4 nitrogen and oxygen atoms in total. The number of nitrogens with one attached hydrogen (secondary N) is 1. The third-order valence-corrected chi connectivity index (χ3v) is 4.84. The fraction of sp³-hybridized carbons (Fsp3) is 0.938. The van der Waals surface area contributed by atoms with Gasteiger partial charge in [0.1, 0.15) is 0 Å². The molecule has 0 aromatic carbocycles. The number of piperidine rings is 1. The van der Waals surface area contributed by atoms with Crippen LogP contribution in [0.3, 0.4) is 0 Å². The average Bonchev–Trinajstić information content (AvgIpc) is 2.74. The fourth-order valence-electron chi connectivity index (χ4n) is 3.26. The van der Waals surface area contributed by atoms with Gasteiger partial charge in [0.25, 0.3) is 0 Å². The van der Waals surface area contributed by atoms with E-state index < -0.39 is 0 Å². The maximum atomic E-state index is 12.4. The molecule has 2 saturated heterocycles. The Labute approximate surface area is 123 Å². The largest absolute Gasteiger partial charge is 0.341 e. The van der Waals surface area contributed by atoms with Gasteiger partial charge in [0.05, 0.1) is 6.04 Å². The Bertz CT molecular complexity index is 292. The molecule has 1 unspecified atom stereocenters. The number of nitrogens with zero attached hydrogens (tertiary/aromatic N) is 2. The Balaban J connectivity index is 1.70. The van der Waals surface area contributed by atoms with Crippen LogP contribution in [0.5, 0.6) is 0 Å². The molecule has 4 heteroatoms. The minimum Gasteiger partial charge on any atom is -0.341 e. The van der Waals surface area contributed by atoms with E-state index in [-0.39, 0.29) is 6.04 Å². The van der Waals surface area contributed by atoms with Crippen LogP contribution in [0.2, 0.25) is 0 Å². The predicted octanol–water partition coefficient (Wildman–Crippen LogP) is 1.71. The van der Waals surface area contributed by atoms with Crippen LogP contribution in [0.25, 0.3) is 0 Å². The van der Waals surface area contributed by atoms with Gasteiger partial charge in [0, 0.05) is 13.1 Å². The number of carbonyl (C=O) groups excluding carboxylic acids is 1. The smallest absolute Gasteiger partial charge is 0.239 e. The summed E-state index contributed by atoms with van der Waals surface area (Å²) in [5, 5.41) is 3.47. The van der Waals surface area contributed by atoms with Crippen molar-refractivity contribution in [1.29, 1.82) is 0 Å². The van der Waals surface area contributed by atoms with Crippen LogP contribution in [-0.2, 0) is 4.79 Å². The van der Waals surface area contributed by atoms with Crippen molar-refractivity contribution in [2.45, 2.75) is 51.5 Å². The monoisotopic (exact) mass is 281 g/mol. The first-order valence-electron chi connectivity index (χ1n) is 8.37. The molecule has 2 rings (SSSR count). The number of hydrogen-bond donors (Lipinski definition) is 1. The predicted molar refractivity (Wildman–Crippen MR) is 82.7 cm³/mol. The Hall–Kier alpha value is -0.610. The van der Waals surface area contributed by atoms with E-state index in [4.69, 9.17) is 0 Å². The lowest BCUT2D eigenvalue weighted by Gasteiger charge is -2.30. The highest BCUT2D eigenvalue weighted by atomic mass is 16.2. The minimum atomic E-state index is -0.0206. The highest BCUT2D eigenvalue weighted by Crippen LogP contribution is 2.15. The summed E-state index contributed by atoms with van der Waals surface area (Å²) in [5.74, 6) is 1.05. The van der Waals surface area contributed by atoms with Crippen LogP contribution >= 0.6 is 0 Å². The van der Waals surface area contributed by atoms with Crippen molar-refractivity contribution < 1.29 is 4.79 Å². The van der Waals surface area contributed by atoms with Gasteiger partial charge in [-0.15, -0.1) is 0 Å². The highest BCUT2D eigenvalue weighted by molar-refractivity contribution is 5.81. The molecular weight excluding hydrogens is 250 g/mol. The molecule has 0 spiro atoms. The van der Waals surface area contributed by atoms with Crippen molar-refractivity contribution in [2.24, 2.45) is 5.92 Å². The van der Waals surface area contributed by atoms with Gasteiger partial charge >= 0.3 is 0 Å². The van der Waals surface area contributed by atoms with Crippen molar-refractivity contribution >= 4 is 5.91 Å². The van der Waals surface area contributed by atoms with Crippen molar-refractivity contribution in [1.82, 2.24) is 15.1 Å². The van der Waals surface area contributed by atoms with Crippen LogP contribution in [0.1, 0.15) is 45.4 Å². The summed E-state index contributed by atoms with van der Waals surface area (Å²) in [4.78, 5) is 16.9. The minimum absolute atomic E-state index is 0.0206. The first-order valence-corrected chi connectivity index (χ1v) is 8.37. The van der Waals surface area contributed by atoms with Gasteiger partial charge in [-0.05, 0) is 65.2 Å². The molecule has 2 aliphatic heterocycles. The number of hydrogen-bond acceptors (Lipinski definition) is 3. The Morgan fingerprint density at radius 2 is 1.70 bits per heavy atom. The lowest BCUT2D eigenvalue weighted by atomic mass is 9.97. The normalized spacial score (nSPS) is 24.4. The lowest BCUT2D eigenvalue weighted by Crippen LogP contribution is -2.47. The van der Waals surface area contributed by atoms with Crippen molar-refractivity contribution in [3.05, 3.63) is 0 Å². The van der Waals surface area contributed by atoms with Crippen molar-refractivity contribution in [3.8, 4) is 0 Å². The van der Waals surface area contributed by atoms with E-state index in [9.17, 15) is 4.79 Å². The molecular formula is C16H31N3O. The summed E-state index contributed by atoms with van der Waals surface area (Å²) >= 11 is 0. The molecule has 1 atom stereocenters. The van der Waals surface area contributed by atoms with E-state index in [1.165, 1.54) is 51.6 Å². The lowest BCUT2D eigenvalue weighted by molar-refractivity contribution is -0.133. The maximum Gasteiger partial charge on any atom is 0.239 e. The zero-order valence-corrected chi connectivity index (χ0v) is 13.2. The van der Waals surface area contributed by atoms with Gasteiger partial charge in [-0.25, -0.2) is 0 Å². The standard InChI is InChI=1S/C16H31N3O/c1-14(16(20)19-9-5-3-4-6-10-19)17-13-15-7-11-18(2)12-8-15/h14-15,17H,3-13H2,1-2H3. The van der Waals surface area contributed by atoms with E-state index in [1.54, 1.807) is 0 Å². The summed E-state index contributed by atoms with van der Waals surface area (Å²) in [6.45, 7) is 7.33. The Morgan fingerprint density at radius 1 is 1.10 bits per heavy atom. The number of rotatable bonds is 4. The van der Waals surface area contributed by atoms with Gasteiger partial charge in [-0.3, -0.25) is 4.79 Å². The number of carbonyl (C=O) groups is 1. The number of likely N-dealkylation sites (tertiary alicyclic amines) is 2. The molecule has 0 radical (unpaired) electrons. The van der Waals surface area contributed by atoms with E-state index in [1.807, 2.05) is 6.92 Å². The van der Waals surface area contributed by atoms with Gasteiger partial charge in [-0.1, -0.05) is 12.8 Å². The summed E-state index contributed by atoms with van der Waals surface area (Å²) in [6.07, 6.45) is 7.42. The quantitative estimate of drug-likeness (QED) is 0.852. The summed E-state index contributed by atoms with van der Waals surface area (Å²) < 4.78 is 0. The molecule has 1 amide bonds. The molecule has 116 valence electrons. The van der Waals surface area contributed by atoms with Gasteiger partial charge in [0.15, 0.2) is 0 Å². The summed E-state index contributed by atoms with van der Waals surface area (Å²) in [5.41, 5.74) is 0. The van der Waals surface area contributed by atoms with Crippen LogP contribution in [0, 0.1) is 5.92 Å². The first kappa shape index (κ1) is 15.8. The Morgan fingerprint density at radius 3 is 2.30 bits per heavy atom. The second kappa shape index (κ2) is 7.99. The third-order valence-electron chi connectivity index (χ3n) is 4.84. The van der Waals surface area contributed by atoms with E-state index in [0.717, 1.165) is 25.6 Å². The van der Waals surface area contributed by atoms with Gasteiger partial charge in [0.2, 0.25) is 5.91 Å². The zero-order valence-electron chi connectivity index (χ0n) is 13.2. The van der Waals surface area contributed by atoms with Crippen molar-refractivity contribution in [3.63, 3.8) is 0 Å². The molecule has 1 N–H and O–H groups in total. The van der Waals surface area contributed by atoms with Crippen LogP contribution in [0.4, 0.5) is 0 Å².